The van der Waals surface area contributed by atoms with E-state index in [1.54, 1.807) is 0 Å². The van der Waals surface area contributed by atoms with Gasteiger partial charge in [0.2, 0.25) is 0 Å². The Morgan fingerprint density at radius 1 is 1.20 bits per heavy atom. The fourth-order valence-corrected chi connectivity index (χ4v) is 4.00. The lowest BCUT2D eigenvalue weighted by Gasteiger charge is -2.38. The highest BCUT2D eigenvalue weighted by atomic mass is 16.6. The molecule has 0 aromatic heterocycles. The molecular weight excluding hydrogens is 250 g/mol. The van der Waals surface area contributed by atoms with Crippen LogP contribution in [0.2, 0.25) is 0 Å². The first-order valence-corrected chi connectivity index (χ1v) is 7.51. The highest BCUT2D eigenvalue weighted by Gasteiger charge is 2.51. The fraction of sp³-hybridized carbons (Fsp3) is 0.471. The number of rotatable bonds is 1. The van der Waals surface area contributed by atoms with Crippen LogP contribution in [0.1, 0.15) is 36.8 Å². The summed E-state index contributed by atoms with van der Waals surface area (Å²) in [6, 6.07) is 8.58. The van der Waals surface area contributed by atoms with Crippen LogP contribution in [-0.2, 0) is 11.2 Å². The Bertz CT molecular complexity index is 572. The van der Waals surface area contributed by atoms with Crippen LogP contribution in [0.5, 0.6) is 0 Å². The van der Waals surface area contributed by atoms with Crippen molar-refractivity contribution in [1.29, 1.82) is 0 Å². The molecule has 1 saturated carbocycles. The Morgan fingerprint density at radius 2 is 2.00 bits per heavy atom. The van der Waals surface area contributed by atoms with Gasteiger partial charge >= 0.3 is 6.09 Å². The molecule has 3 nitrogen and oxygen atoms in total. The fourth-order valence-electron chi connectivity index (χ4n) is 4.00. The Kier molecular flexibility index (Phi) is 2.62. The number of hydrogen-bond donors (Lipinski definition) is 0. The smallest absolute Gasteiger partial charge is 0.410 e. The quantitative estimate of drug-likeness (QED) is 0.782. The molecule has 0 N–H and O–H groups in total. The first-order valence-electron chi connectivity index (χ1n) is 7.51. The van der Waals surface area contributed by atoms with E-state index in [1.807, 2.05) is 4.90 Å². The summed E-state index contributed by atoms with van der Waals surface area (Å²) in [5, 5.41) is 0. The molecule has 1 aromatic rings. The van der Waals surface area contributed by atoms with E-state index in [4.69, 9.17) is 4.74 Å². The molecule has 1 saturated heterocycles. The van der Waals surface area contributed by atoms with Crippen LogP contribution in [0.15, 0.2) is 30.3 Å². The number of amides is 1. The van der Waals surface area contributed by atoms with Crippen molar-refractivity contribution in [1.82, 2.24) is 4.90 Å². The molecule has 1 unspecified atom stereocenters. The van der Waals surface area contributed by atoms with Crippen LogP contribution >= 0.6 is 0 Å². The molecule has 1 heterocycles. The SMILES string of the molecule is O=C1OCC2(CCCC2)N1C1C=Cc2ccccc2C1. The third-order valence-corrected chi connectivity index (χ3v) is 5.02. The summed E-state index contributed by atoms with van der Waals surface area (Å²) >= 11 is 0. The molecule has 3 aliphatic rings. The highest BCUT2D eigenvalue weighted by molar-refractivity contribution is 5.73. The Balaban J connectivity index is 1.66. The molecule has 0 radical (unpaired) electrons. The summed E-state index contributed by atoms with van der Waals surface area (Å²) in [6.07, 6.45) is 9.70. The van der Waals surface area contributed by atoms with Gasteiger partial charge in [-0.3, -0.25) is 4.90 Å². The summed E-state index contributed by atoms with van der Waals surface area (Å²) in [7, 11) is 0. The molecule has 4 rings (SSSR count). The van der Waals surface area contributed by atoms with Crippen LogP contribution < -0.4 is 0 Å². The first-order chi connectivity index (χ1) is 9.78. The molecule has 3 heteroatoms. The van der Waals surface area contributed by atoms with Crippen molar-refractivity contribution in [3.8, 4) is 0 Å². The minimum atomic E-state index is -0.124. The van der Waals surface area contributed by atoms with Gasteiger partial charge in [-0.1, -0.05) is 49.3 Å². The number of carbonyl (C=O) groups is 1. The van der Waals surface area contributed by atoms with Gasteiger partial charge in [0, 0.05) is 0 Å². The van der Waals surface area contributed by atoms with Crippen LogP contribution in [-0.4, -0.2) is 29.2 Å². The summed E-state index contributed by atoms with van der Waals surface area (Å²) in [5.74, 6) is 0. The maximum absolute atomic E-state index is 12.2. The molecule has 2 aliphatic carbocycles. The molecule has 2 fully saturated rings. The predicted molar refractivity (Wildman–Crippen MR) is 77.4 cm³/mol. The van der Waals surface area contributed by atoms with Crippen LogP contribution in [0.25, 0.3) is 6.08 Å². The Morgan fingerprint density at radius 3 is 2.85 bits per heavy atom. The zero-order chi connectivity index (χ0) is 13.6. The van der Waals surface area contributed by atoms with Gasteiger partial charge in [-0.15, -0.1) is 0 Å². The zero-order valence-corrected chi connectivity index (χ0v) is 11.5. The van der Waals surface area contributed by atoms with E-state index < -0.39 is 0 Å². The van der Waals surface area contributed by atoms with Crippen molar-refractivity contribution < 1.29 is 9.53 Å². The number of nitrogens with zero attached hydrogens (tertiary/aromatic N) is 1. The number of hydrogen-bond acceptors (Lipinski definition) is 2. The maximum Gasteiger partial charge on any atom is 0.410 e. The minimum Gasteiger partial charge on any atom is -0.447 e. The number of benzene rings is 1. The number of ether oxygens (including phenoxy) is 1. The average Bonchev–Trinajstić information content (AvgIpc) is 3.07. The Labute approximate surface area is 119 Å². The summed E-state index contributed by atoms with van der Waals surface area (Å²) in [4.78, 5) is 14.3. The largest absolute Gasteiger partial charge is 0.447 e. The van der Waals surface area contributed by atoms with Crippen molar-refractivity contribution in [2.45, 2.75) is 43.7 Å². The van der Waals surface area contributed by atoms with E-state index in [-0.39, 0.29) is 17.7 Å². The average molecular weight is 269 g/mol. The van der Waals surface area contributed by atoms with E-state index in [0.717, 1.165) is 19.3 Å². The van der Waals surface area contributed by atoms with Gasteiger partial charge in [-0.25, -0.2) is 4.79 Å². The van der Waals surface area contributed by atoms with Crippen LogP contribution in [0.3, 0.4) is 0 Å². The predicted octanol–water partition coefficient (Wildman–Crippen LogP) is 3.39. The molecule has 1 amide bonds. The van der Waals surface area contributed by atoms with E-state index >= 15 is 0 Å². The lowest BCUT2D eigenvalue weighted by atomic mass is 9.89. The topological polar surface area (TPSA) is 29.5 Å². The van der Waals surface area contributed by atoms with E-state index in [9.17, 15) is 4.79 Å². The van der Waals surface area contributed by atoms with Gasteiger partial charge in [-0.2, -0.15) is 0 Å². The third kappa shape index (κ3) is 1.69. The van der Waals surface area contributed by atoms with E-state index in [2.05, 4.69) is 36.4 Å². The monoisotopic (exact) mass is 269 g/mol. The van der Waals surface area contributed by atoms with Gasteiger partial charge in [-0.05, 0) is 30.4 Å². The first kappa shape index (κ1) is 12.0. The number of fused-ring (bicyclic) bond motifs is 1. The van der Waals surface area contributed by atoms with Gasteiger partial charge in [0.25, 0.3) is 0 Å². The van der Waals surface area contributed by atoms with Crippen LogP contribution in [0, 0.1) is 0 Å². The molecule has 1 aromatic carbocycles. The van der Waals surface area contributed by atoms with Gasteiger partial charge < -0.3 is 4.74 Å². The molecule has 1 spiro atoms. The third-order valence-electron chi connectivity index (χ3n) is 5.02. The molecular formula is C17H19NO2. The molecule has 0 bridgehead atoms. The number of carbonyl (C=O) groups excluding carboxylic acids is 1. The zero-order valence-electron chi connectivity index (χ0n) is 11.5. The van der Waals surface area contributed by atoms with Crippen molar-refractivity contribution >= 4 is 12.2 Å². The van der Waals surface area contributed by atoms with Gasteiger partial charge in [0.15, 0.2) is 0 Å². The molecule has 1 aliphatic heterocycles. The lowest BCUT2D eigenvalue weighted by Crippen LogP contribution is -2.51. The van der Waals surface area contributed by atoms with Crippen molar-refractivity contribution in [3.63, 3.8) is 0 Å². The standard InChI is InChI=1S/C17H19NO2/c19-16-18(17(12-20-16)9-3-4-10-17)15-8-7-13-5-1-2-6-14(13)11-15/h1-2,5-8,15H,3-4,9-12H2. The Hall–Kier alpha value is -1.77. The second kappa shape index (κ2) is 4.37. The van der Waals surface area contributed by atoms with Gasteiger partial charge in [0.1, 0.15) is 6.61 Å². The van der Waals surface area contributed by atoms with Crippen molar-refractivity contribution in [3.05, 3.63) is 41.5 Å². The van der Waals surface area contributed by atoms with Crippen molar-refractivity contribution in [2.75, 3.05) is 6.61 Å². The van der Waals surface area contributed by atoms with Crippen LogP contribution in [0.4, 0.5) is 4.79 Å². The second-order valence-electron chi connectivity index (χ2n) is 6.19. The normalized spacial score (nSPS) is 26.9. The highest BCUT2D eigenvalue weighted by Crippen LogP contribution is 2.42. The van der Waals surface area contributed by atoms with Gasteiger partial charge in [0.05, 0.1) is 11.6 Å². The molecule has 104 valence electrons. The van der Waals surface area contributed by atoms with E-state index in [1.165, 1.54) is 24.0 Å². The molecule has 1 atom stereocenters. The second-order valence-corrected chi connectivity index (χ2v) is 6.19. The lowest BCUT2D eigenvalue weighted by molar-refractivity contribution is 0.133. The number of cyclic esters (lactones) is 1. The minimum absolute atomic E-state index is 0.0294. The summed E-state index contributed by atoms with van der Waals surface area (Å²) < 4.78 is 5.40. The summed E-state index contributed by atoms with van der Waals surface area (Å²) in [6.45, 7) is 0.581. The van der Waals surface area contributed by atoms with E-state index in [0.29, 0.717) is 6.61 Å². The summed E-state index contributed by atoms with van der Waals surface area (Å²) in [5.41, 5.74) is 2.57. The van der Waals surface area contributed by atoms with Crippen molar-refractivity contribution in [2.24, 2.45) is 0 Å². The maximum atomic E-state index is 12.2. The molecule has 20 heavy (non-hydrogen) atoms.